The Morgan fingerprint density at radius 3 is 2.16 bits per heavy atom. The van der Waals surface area contributed by atoms with Crippen molar-refractivity contribution in [2.24, 2.45) is 0 Å². The smallest absolute Gasteiger partial charge is 0.279 e. The van der Waals surface area contributed by atoms with Gasteiger partial charge in [0, 0.05) is 32.0 Å². The number of nitrogens with zero attached hydrogens (tertiary/aromatic N) is 1. The highest BCUT2D eigenvalue weighted by Gasteiger charge is 2.41. The zero-order valence-corrected chi connectivity index (χ0v) is 12.5. The van der Waals surface area contributed by atoms with Gasteiger partial charge < -0.3 is 9.47 Å². The van der Waals surface area contributed by atoms with Gasteiger partial charge in [0.15, 0.2) is 5.79 Å². The van der Waals surface area contributed by atoms with Crippen molar-refractivity contribution in [2.75, 3.05) is 26.3 Å². The van der Waals surface area contributed by atoms with E-state index in [-0.39, 0.29) is 6.04 Å². The second kappa shape index (κ2) is 6.05. The van der Waals surface area contributed by atoms with E-state index in [4.69, 9.17) is 9.47 Å². The first kappa shape index (κ1) is 15.2. The maximum atomic E-state index is 12.1. The van der Waals surface area contributed by atoms with Crippen molar-refractivity contribution in [3.05, 3.63) is 0 Å². The van der Waals surface area contributed by atoms with Crippen molar-refractivity contribution >= 4 is 10.2 Å². The van der Waals surface area contributed by atoms with Crippen LogP contribution < -0.4 is 4.72 Å². The van der Waals surface area contributed by atoms with Crippen LogP contribution in [-0.2, 0) is 19.7 Å². The predicted octanol–water partition coefficient (Wildman–Crippen LogP) is 0.848. The largest absolute Gasteiger partial charge is 0.348 e. The number of ether oxygens (including phenoxy) is 2. The molecule has 1 saturated carbocycles. The van der Waals surface area contributed by atoms with Gasteiger partial charge in [0.1, 0.15) is 0 Å². The van der Waals surface area contributed by atoms with E-state index in [0.717, 1.165) is 25.7 Å². The Morgan fingerprint density at radius 2 is 1.68 bits per heavy atom. The average Bonchev–Trinajstić information content (AvgIpc) is 2.82. The third kappa shape index (κ3) is 3.46. The summed E-state index contributed by atoms with van der Waals surface area (Å²) in [5, 5.41) is 0. The minimum absolute atomic E-state index is 0.0102. The molecule has 0 amide bonds. The van der Waals surface area contributed by atoms with Gasteiger partial charge in [-0.25, -0.2) is 0 Å². The van der Waals surface area contributed by atoms with Crippen molar-refractivity contribution in [3.63, 3.8) is 0 Å². The summed E-state index contributed by atoms with van der Waals surface area (Å²) >= 11 is 0. The van der Waals surface area contributed by atoms with Gasteiger partial charge in [-0.15, -0.1) is 0 Å². The molecule has 1 N–H and O–H groups in total. The first-order valence-corrected chi connectivity index (χ1v) is 8.50. The van der Waals surface area contributed by atoms with E-state index in [1.807, 2.05) is 13.8 Å². The summed E-state index contributed by atoms with van der Waals surface area (Å²) < 4.78 is 39.8. The summed E-state index contributed by atoms with van der Waals surface area (Å²) in [6.45, 7) is 5.98. The molecule has 0 unspecified atom stereocenters. The molecule has 1 aliphatic carbocycles. The van der Waals surface area contributed by atoms with Crippen LogP contribution in [0.25, 0.3) is 0 Å². The van der Waals surface area contributed by atoms with Gasteiger partial charge in [-0.2, -0.15) is 17.4 Å². The Hall–Kier alpha value is -0.210. The van der Waals surface area contributed by atoms with Gasteiger partial charge in [0.05, 0.1) is 13.2 Å². The Labute approximate surface area is 115 Å². The minimum atomic E-state index is -3.36. The Balaban J connectivity index is 1.88. The van der Waals surface area contributed by atoms with E-state index in [0.29, 0.717) is 26.3 Å². The normalized spacial score (nSPS) is 24.4. The molecular weight excluding hydrogens is 268 g/mol. The van der Waals surface area contributed by atoms with Crippen LogP contribution in [0.3, 0.4) is 0 Å². The van der Waals surface area contributed by atoms with E-state index < -0.39 is 16.0 Å². The molecule has 0 radical (unpaired) electrons. The van der Waals surface area contributed by atoms with E-state index in [1.54, 1.807) is 0 Å². The summed E-state index contributed by atoms with van der Waals surface area (Å²) in [4.78, 5) is 0. The third-order valence-electron chi connectivity index (χ3n) is 3.92. The molecule has 1 spiro atoms. The van der Waals surface area contributed by atoms with Crippen molar-refractivity contribution in [2.45, 2.75) is 51.4 Å². The first-order chi connectivity index (χ1) is 9.01. The highest BCUT2D eigenvalue weighted by atomic mass is 32.2. The number of hydrogen-bond donors (Lipinski definition) is 1. The topological polar surface area (TPSA) is 67.9 Å². The lowest BCUT2D eigenvalue weighted by Crippen LogP contribution is -2.48. The number of nitrogens with one attached hydrogen (secondary N) is 1. The number of hydrogen-bond acceptors (Lipinski definition) is 4. The highest BCUT2D eigenvalue weighted by molar-refractivity contribution is 7.87. The maximum Gasteiger partial charge on any atom is 0.279 e. The third-order valence-corrected chi connectivity index (χ3v) is 5.75. The summed E-state index contributed by atoms with van der Waals surface area (Å²) in [5.41, 5.74) is 0. The molecular formula is C12H24N2O4S. The second-order valence-corrected chi connectivity index (χ2v) is 6.79. The molecule has 1 aliphatic heterocycles. The standard InChI is InChI=1S/C12H24N2O4S/c1-3-14(4-2)19(15,16)13-11-5-7-12(8-6-11)17-9-10-18-12/h11,13H,3-10H2,1-2H3. The SMILES string of the molecule is CCN(CC)S(=O)(=O)NC1CCC2(CC1)OCCO2. The summed E-state index contributed by atoms with van der Waals surface area (Å²) in [6, 6.07) is -0.0102. The summed E-state index contributed by atoms with van der Waals surface area (Å²) in [7, 11) is -3.36. The molecule has 1 heterocycles. The van der Waals surface area contributed by atoms with Crippen LogP contribution >= 0.6 is 0 Å². The fraction of sp³-hybridized carbons (Fsp3) is 1.00. The van der Waals surface area contributed by atoms with Crippen LogP contribution in [0.15, 0.2) is 0 Å². The molecule has 19 heavy (non-hydrogen) atoms. The van der Waals surface area contributed by atoms with Crippen LogP contribution in [0.1, 0.15) is 39.5 Å². The average molecular weight is 292 g/mol. The molecule has 7 heteroatoms. The highest BCUT2D eigenvalue weighted by Crippen LogP contribution is 2.35. The first-order valence-electron chi connectivity index (χ1n) is 7.06. The Kier molecular flexibility index (Phi) is 4.84. The molecule has 0 aromatic rings. The van der Waals surface area contributed by atoms with E-state index in [2.05, 4.69) is 4.72 Å². The summed E-state index contributed by atoms with van der Waals surface area (Å²) in [6.07, 6.45) is 3.05. The second-order valence-electron chi connectivity index (χ2n) is 5.09. The van der Waals surface area contributed by atoms with Gasteiger partial charge in [-0.05, 0) is 12.8 Å². The fourth-order valence-corrected chi connectivity index (χ4v) is 4.30. The molecule has 2 fully saturated rings. The Morgan fingerprint density at radius 1 is 1.16 bits per heavy atom. The molecule has 0 aromatic carbocycles. The van der Waals surface area contributed by atoms with Crippen LogP contribution in [0, 0.1) is 0 Å². The summed E-state index contributed by atoms with van der Waals surface area (Å²) in [5.74, 6) is -0.433. The maximum absolute atomic E-state index is 12.1. The van der Waals surface area contributed by atoms with Crippen LogP contribution in [-0.4, -0.2) is 50.9 Å². The van der Waals surface area contributed by atoms with Crippen molar-refractivity contribution in [3.8, 4) is 0 Å². The van der Waals surface area contributed by atoms with Gasteiger partial charge in [0.25, 0.3) is 10.2 Å². The molecule has 2 rings (SSSR count). The molecule has 1 saturated heterocycles. The van der Waals surface area contributed by atoms with Gasteiger partial charge >= 0.3 is 0 Å². The predicted molar refractivity (Wildman–Crippen MR) is 71.9 cm³/mol. The van der Waals surface area contributed by atoms with Crippen molar-refractivity contribution in [1.82, 2.24) is 9.03 Å². The van der Waals surface area contributed by atoms with Crippen molar-refractivity contribution in [1.29, 1.82) is 0 Å². The zero-order chi connectivity index (χ0) is 13.9. The van der Waals surface area contributed by atoms with E-state index in [9.17, 15) is 8.42 Å². The van der Waals surface area contributed by atoms with Crippen molar-refractivity contribution < 1.29 is 17.9 Å². The molecule has 0 atom stereocenters. The molecule has 0 bridgehead atoms. The number of rotatable bonds is 5. The molecule has 6 nitrogen and oxygen atoms in total. The lowest BCUT2D eigenvalue weighted by Gasteiger charge is -2.36. The van der Waals surface area contributed by atoms with Crippen LogP contribution in [0.5, 0.6) is 0 Å². The minimum Gasteiger partial charge on any atom is -0.348 e. The van der Waals surface area contributed by atoms with Gasteiger partial charge in [-0.3, -0.25) is 0 Å². The van der Waals surface area contributed by atoms with Crippen LogP contribution in [0.4, 0.5) is 0 Å². The van der Waals surface area contributed by atoms with E-state index >= 15 is 0 Å². The van der Waals surface area contributed by atoms with E-state index in [1.165, 1.54) is 4.31 Å². The molecule has 2 aliphatic rings. The van der Waals surface area contributed by atoms with Gasteiger partial charge in [0.2, 0.25) is 0 Å². The molecule has 0 aromatic heterocycles. The lowest BCUT2D eigenvalue weighted by molar-refractivity contribution is -0.178. The Bertz CT molecular complexity index is 379. The van der Waals surface area contributed by atoms with Crippen LogP contribution in [0.2, 0.25) is 0 Å². The fourth-order valence-electron chi connectivity index (χ4n) is 2.81. The lowest BCUT2D eigenvalue weighted by atomic mass is 9.91. The zero-order valence-electron chi connectivity index (χ0n) is 11.7. The van der Waals surface area contributed by atoms with Gasteiger partial charge in [-0.1, -0.05) is 13.8 Å². The molecule has 112 valence electrons. The monoisotopic (exact) mass is 292 g/mol. The quantitative estimate of drug-likeness (QED) is 0.815.